The van der Waals surface area contributed by atoms with Crippen molar-refractivity contribution in [2.45, 2.75) is 0 Å². The molecule has 2 N–H and O–H groups in total. The fourth-order valence-electron chi connectivity index (χ4n) is 3.00. The molecular formula is C23H17N3O4S2. The van der Waals surface area contributed by atoms with E-state index in [4.69, 9.17) is 0 Å². The number of thiophene rings is 1. The highest BCUT2D eigenvalue weighted by molar-refractivity contribution is 8.14. The SMILES string of the molecule is O=C(CSC1=N/C(=C\c2cccs2)C(=O)N1c1ccccc1)Nc1ccccc1C(=O)O. The molecule has 0 bridgehead atoms. The fourth-order valence-corrected chi connectivity index (χ4v) is 4.46. The monoisotopic (exact) mass is 463 g/mol. The summed E-state index contributed by atoms with van der Waals surface area (Å²) < 4.78 is 0. The Morgan fingerprint density at radius 2 is 1.81 bits per heavy atom. The minimum Gasteiger partial charge on any atom is -0.478 e. The van der Waals surface area contributed by atoms with Gasteiger partial charge in [-0.05, 0) is 41.8 Å². The summed E-state index contributed by atoms with van der Waals surface area (Å²) in [4.78, 5) is 43.8. The van der Waals surface area contributed by atoms with Gasteiger partial charge in [0.25, 0.3) is 5.91 Å². The van der Waals surface area contributed by atoms with Crippen molar-refractivity contribution >= 4 is 63.5 Å². The number of rotatable bonds is 6. The van der Waals surface area contributed by atoms with Crippen LogP contribution in [-0.2, 0) is 9.59 Å². The molecule has 4 rings (SSSR count). The van der Waals surface area contributed by atoms with Crippen molar-refractivity contribution in [1.82, 2.24) is 0 Å². The maximum Gasteiger partial charge on any atom is 0.337 e. The number of hydrogen-bond acceptors (Lipinski definition) is 6. The molecule has 0 fully saturated rings. The van der Waals surface area contributed by atoms with Crippen LogP contribution in [0.1, 0.15) is 15.2 Å². The van der Waals surface area contributed by atoms with Crippen molar-refractivity contribution in [2.24, 2.45) is 4.99 Å². The molecule has 0 radical (unpaired) electrons. The summed E-state index contributed by atoms with van der Waals surface area (Å²) in [5.74, 6) is -1.85. The summed E-state index contributed by atoms with van der Waals surface area (Å²) in [7, 11) is 0. The maximum atomic E-state index is 13.1. The van der Waals surface area contributed by atoms with Crippen molar-refractivity contribution in [2.75, 3.05) is 16.0 Å². The second-order valence-electron chi connectivity index (χ2n) is 6.60. The quantitative estimate of drug-likeness (QED) is 0.522. The van der Waals surface area contributed by atoms with Crippen molar-refractivity contribution in [3.8, 4) is 0 Å². The number of thioether (sulfide) groups is 1. The number of amides is 2. The lowest BCUT2D eigenvalue weighted by Gasteiger charge is -2.17. The molecule has 9 heteroatoms. The van der Waals surface area contributed by atoms with Gasteiger partial charge in [-0.1, -0.05) is 48.2 Å². The molecule has 2 heterocycles. The molecule has 0 atom stereocenters. The standard InChI is InChI=1S/C23H17N3O4S2/c27-20(24-18-11-5-4-10-17(18)22(29)30)14-32-23-25-19(13-16-9-6-12-31-16)21(28)26(23)15-7-2-1-3-8-15/h1-13H,14H2,(H,24,27)(H,29,30)/b19-13-. The first kappa shape index (κ1) is 21.5. The zero-order valence-electron chi connectivity index (χ0n) is 16.6. The molecule has 0 spiro atoms. The topological polar surface area (TPSA) is 99.1 Å². The third-order valence-electron chi connectivity index (χ3n) is 4.43. The van der Waals surface area contributed by atoms with Gasteiger partial charge in [0, 0.05) is 4.88 Å². The highest BCUT2D eigenvalue weighted by Gasteiger charge is 2.32. The molecule has 0 aliphatic carbocycles. The number of carbonyl (C=O) groups excluding carboxylic acids is 2. The van der Waals surface area contributed by atoms with Gasteiger partial charge in [-0.2, -0.15) is 0 Å². The minimum absolute atomic E-state index is 0.00585. The average Bonchev–Trinajstić information content (AvgIpc) is 3.41. The Balaban J connectivity index is 1.54. The van der Waals surface area contributed by atoms with E-state index in [0.717, 1.165) is 16.6 Å². The van der Waals surface area contributed by atoms with Crippen LogP contribution in [-0.4, -0.2) is 33.8 Å². The summed E-state index contributed by atoms with van der Waals surface area (Å²) in [5.41, 5.74) is 1.16. The molecule has 2 amide bonds. The molecule has 0 saturated heterocycles. The number of para-hydroxylation sites is 2. The Kier molecular flexibility index (Phi) is 6.48. The van der Waals surface area contributed by atoms with E-state index in [2.05, 4.69) is 10.3 Å². The Hall–Kier alpha value is -3.69. The van der Waals surface area contributed by atoms with Crippen molar-refractivity contribution in [3.05, 3.63) is 88.2 Å². The van der Waals surface area contributed by atoms with Gasteiger partial charge in [0.1, 0.15) is 5.70 Å². The summed E-state index contributed by atoms with van der Waals surface area (Å²) in [6.07, 6.45) is 1.72. The van der Waals surface area contributed by atoms with Crippen LogP contribution in [0, 0.1) is 0 Å². The minimum atomic E-state index is -1.13. The summed E-state index contributed by atoms with van der Waals surface area (Å²) in [5, 5.41) is 14.2. The molecule has 1 aliphatic rings. The summed E-state index contributed by atoms with van der Waals surface area (Å²) >= 11 is 2.60. The third-order valence-corrected chi connectivity index (χ3v) is 6.19. The third kappa shape index (κ3) is 4.79. The van der Waals surface area contributed by atoms with Crippen LogP contribution in [0.15, 0.2) is 82.8 Å². The number of amidine groups is 1. The second-order valence-corrected chi connectivity index (χ2v) is 8.52. The van der Waals surface area contributed by atoms with Crippen LogP contribution in [0.3, 0.4) is 0 Å². The predicted molar refractivity (Wildman–Crippen MR) is 128 cm³/mol. The Morgan fingerprint density at radius 3 is 2.53 bits per heavy atom. The highest BCUT2D eigenvalue weighted by Crippen LogP contribution is 2.30. The molecule has 160 valence electrons. The normalized spacial score (nSPS) is 14.5. The fraction of sp³-hybridized carbons (Fsp3) is 0.0435. The van der Waals surface area contributed by atoms with E-state index in [1.54, 1.807) is 30.3 Å². The smallest absolute Gasteiger partial charge is 0.337 e. The van der Waals surface area contributed by atoms with Gasteiger partial charge in [-0.3, -0.25) is 14.5 Å². The van der Waals surface area contributed by atoms with Gasteiger partial charge in [0.05, 0.1) is 22.7 Å². The molecule has 3 aromatic rings. The number of aliphatic imine (C=N–C) groups is 1. The Labute approximate surface area is 192 Å². The first-order valence-corrected chi connectivity index (χ1v) is 11.4. The molecule has 2 aromatic carbocycles. The second kappa shape index (κ2) is 9.63. The predicted octanol–water partition coefficient (Wildman–Crippen LogP) is 4.56. The lowest BCUT2D eigenvalue weighted by molar-refractivity contribution is -0.114. The summed E-state index contributed by atoms with van der Waals surface area (Å²) in [6, 6.07) is 19.1. The van der Waals surface area contributed by atoms with E-state index in [9.17, 15) is 19.5 Å². The zero-order chi connectivity index (χ0) is 22.5. The number of carbonyl (C=O) groups is 3. The number of nitrogens with zero attached hydrogens (tertiary/aromatic N) is 2. The van der Waals surface area contributed by atoms with Gasteiger partial charge in [0.15, 0.2) is 5.17 Å². The maximum absolute atomic E-state index is 13.1. The molecule has 32 heavy (non-hydrogen) atoms. The largest absolute Gasteiger partial charge is 0.478 e. The van der Waals surface area contributed by atoms with Crippen LogP contribution in [0.5, 0.6) is 0 Å². The Bertz CT molecular complexity index is 1220. The van der Waals surface area contributed by atoms with Crippen molar-refractivity contribution < 1.29 is 19.5 Å². The Morgan fingerprint density at radius 1 is 1.06 bits per heavy atom. The molecular weight excluding hydrogens is 446 g/mol. The summed E-state index contributed by atoms with van der Waals surface area (Å²) in [6.45, 7) is 0. The highest BCUT2D eigenvalue weighted by atomic mass is 32.2. The lowest BCUT2D eigenvalue weighted by atomic mass is 10.2. The van der Waals surface area contributed by atoms with Gasteiger partial charge in [0.2, 0.25) is 5.91 Å². The van der Waals surface area contributed by atoms with Gasteiger partial charge in [-0.25, -0.2) is 9.79 Å². The van der Waals surface area contributed by atoms with Crippen LogP contribution in [0.25, 0.3) is 6.08 Å². The average molecular weight is 464 g/mol. The number of hydrogen-bond donors (Lipinski definition) is 2. The van der Waals surface area contributed by atoms with E-state index < -0.39 is 11.9 Å². The van der Waals surface area contributed by atoms with Gasteiger partial charge in [-0.15, -0.1) is 11.3 Å². The van der Waals surface area contributed by atoms with E-state index in [-0.39, 0.29) is 28.6 Å². The number of aromatic carboxylic acids is 1. The first-order chi connectivity index (χ1) is 15.5. The molecule has 0 unspecified atom stereocenters. The molecule has 1 aromatic heterocycles. The molecule has 0 saturated carbocycles. The van der Waals surface area contributed by atoms with Crippen molar-refractivity contribution in [3.63, 3.8) is 0 Å². The van der Waals surface area contributed by atoms with Gasteiger partial charge >= 0.3 is 5.97 Å². The van der Waals surface area contributed by atoms with Crippen LogP contribution >= 0.6 is 23.1 Å². The van der Waals surface area contributed by atoms with Crippen molar-refractivity contribution in [1.29, 1.82) is 0 Å². The van der Waals surface area contributed by atoms with Crippen LogP contribution < -0.4 is 10.2 Å². The zero-order valence-corrected chi connectivity index (χ0v) is 18.2. The van der Waals surface area contributed by atoms with E-state index in [0.29, 0.717) is 10.9 Å². The van der Waals surface area contributed by atoms with E-state index >= 15 is 0 Å². The lowest BCUT2D eigenvalue weighted by Crippen LogP contribution is -2.31. The number of benzene rings is 2. The van der Waals surface area contributed by atoms with Crippen LogP contribution in [0.4, 0.5) is 11.4 Å². The van der Waals surface area contributed by atoms with E-state index in [1.165, 1.54) is 28.4 Å². The number of nitrogens with one attached hydrogen (secondary N) is 1. The molecule has 7 nitrogen and oxygen atoms in total. The number of anilines is 2. The van der Waals surface area contributed by atoms with Gasteiger partial charge < -0.3 is 10.4 Å². The number of carboxylic acid groups (broad SMARTS) is 1. The molecule has 1 aliphatic heterocycles. The van der Waals surface area contributed by atoms with E-state index in [1.807, 2.05) is 35.7 Å². The number of carboxylic acids is 1. The first-order valence-electron chi connectivity index (χ1n) is 9.51. The van der Waals surface area contributed by atoms with Crippen LogP contribution in [0.2, 0.25) is 0 Å².